The number of ether oxygens (including phenoxy) is 1. The Kier molecular flexibility index (Phi) is 4.37. The minimum atomic E-state index is -1.00. The lowest BCUT2D eigenvalue weighted by Crippen LogP contribution is -2.12. The number of rotatable bonds is 4. The summed E-state index contributed by atoms with van der Waals surface area (Å²) >= 11 is 1.01. The predicted octanol–water partition coefficient (Wildman–Crippen LogP) is 3.50. The van der Waals surface area contributed by atoms with Gasteiger partial charge in [-0.2, -0.15) is 0 Å². The third kappa shape index (κ3) is 3.58. The van der Waals surface area contributed by atoms with Crippen molar-refractivity contribution < 1.29 is 19.4 Å². The highest BCUT2D eigenvalue weighted by atomic mass is 32.1. The Balaban J connectivity index is 1.92. The number of carbonyl (C=O) groups is 2. The van der Waals surface area contributed by atoms with Crippen LogP contribution < -0.4 is 5.32 Å². The second kappa shape index (κ2) is 6.21. The number of aryl methyl sites for hydroxylation is 1. The summed E-state index contributed by atoms with van der Waals surface area (Å²) in [6, 6.07) is 10.9. The molecule has 0 spiro atoms. The number of thiophene rings is 1. The van der Waals surface area contributed by atoms with Crippen LogP contribution in [0.2, 0.25) is 0 Å². The van der Waals surface area contributed by atoms with Gasteiger partial charge in [0.25, 0.3) is 0 Å². The van der Waals surface area contributed by atoms with Gasteiger partial charge in [-0.15, -0.1) is 11.3 Å². The molecule has 1 aromatic heterocycles. The van der Waals surface area contributed by atoms with Crippen LogP contribution in [0.4, 0.5) is 9.80 Å². The molecule has 0 unspecified atom stereocenters. The summed E-state index contributed by atoms with van der Waals surface area (Å²) in [4.78, 5) is 22.7. The molecule has 0 aliphatic carbocycles. The number of carboxylic acids is 1. The van der Waals surface area contributed by atoms with Gasteiger partial charge in [-0.05, 0) is 24.1 Å². The average molecular weight is 291 g/mol. The van der Waals surface area contributed by atoms with Crippen molar-refractivity contribution in [3.63, 3.8) is 0 Å². The van der Waals surface area contributed by atoms with Gasteiger partial charge in [0, 0.05) is 0 Å². The smallest absolute Gasteiger partial charge is 0.412 e. The van der Waals surface area contributed by atoms with E-state index in [0.717, 1.165) is 16.9 Å². The van der Waals surface area contributed by atoms with Crippen LogP contribution in [0, 0.1) is 6.92 Å². The van der Waals surface area contributed by atoms with Crippen LogP contribution in [0.15, 0.2) is 36.4 Å². The molecular weight excluding hydrogens is 278 g/mol. The number of nitrogens with one attached hydrogen (secondary N) is 1. The van der Waals surface area contributed by atoms with Crippen LogP contribution in [0.5, 0.6) is 0 Å². The van der Waals surface area contributed by atoms with Crippen LogP contribution in [0.3, 0.4) is 0 Å². The van der Waals surface area contributed by atoms with Gasteiger partial charge in [-0.1, -0.05) is 30.3 Å². The molecule has 0 radical (unpaired) electrons. The molecule has 0 aliphatic rings. The van der Waals surface area contributed by atoms with Crippen molar-refractivity contribution in [3.05, 3.63) is 52.4 Å². The molecule has 0 saturated carbocycles. The molecule has 2 N–H and O–H groups in total. The fraction of sp³-hybridized carbons (Fsp3) is 0.143. The molecule has 5 nitrogen and oxygen atoms in total. The molecule has 20 heavy (non-hydrogen) atoms. The third-order valence-electron chi connectivity index (χ3n) is 2.55. The molecule has 0 bridgehead atoms. The minimum absolute atomic E-state index is 0.169. The van der Waals surface area contributed by atoms with E-state index in [4.69, 9.17) is 9.84 Å². The number of hydrogen-bond donors (Lipinski definition) is 2. The monoisotopic (exact) mass is 291 g/mol. The van der Waals surface area contributed by atoms with Gasteiger partial charge < -0.3 is 9.84 Å². The molecule has 6 heteroatoms. The molecule has 2 aromatic rings. The Morgan fingerprint density at radius 3 is 2.60 bits per heavy atom. The fourth-order valence-electron chi connectivity index (χ4n) is 1.62. The van der Waals surface area contributed by atoms with Crippen LogP contribution in [-0.2, 0) is 11.3 Å². The minimum Gasteiger partial charge on any atom is -0.477 e. The van der Waals surface area contributed by atoms with Crippen molar-refractivity contribution >= 4 is 28.4 Å². The summed E-state index contributed by atoms with van der Waals surface area (Å²) in [5, 5.41) is 11.9. The first kappa shape index (κ1) is 14.1. The Labute approximate surface area is 119 Å². The average Bonchev–Trinajstić information content (AvgIpc) is 2.78. The Morgan fingerprint density at radius 1 is 1.30 bits per heavy atom. The number of anilines is 1. The third-order valence-corrected chi connectivity index (χ3v) is 3.69. The SMILES string of the molecule is Cc1cc(NC(=O)OCc2ccccc2)sc1C(=O)O. The van der Waals surface area contributed by atoms with E-state index in [0.29, 0.717) is 10.6 Å². The van der Waals surface area contributed by atoms with Crippen molar-refractivity contribution in [1.29, 1.82) is 0 Å². The lowest BCUT2D eigenvalue weighted by molar-refractivity contribution is 0.0701. The number of benzene rings is 1. The molecule has 0 saturated heterocycles. The zero-order valence-corrected chi connectivity index (χ0v) is 11.6. The first-order valence-electron chi connectivity index (χ1n) is 5.87. The number of carbonyl (C=O) groups excluding carboxylic acids is 1. The van der Waals surface area contributed by atoms with Gasteiger partial charge in [-0.3, -0.25) is 5.32 Å². The number of carboxylic acid groups (broad SMARTS) is 1. The summed E-state index contributed by atoms with van der Waals surface area (Å²) in [6.45, 7) is 1.85. The van der Waals surface area contributed by atoms with Gasteiger partial charge >= 0.3 is 12.1 Å². The maximum absolute atomic E-state index is 11.6. The summed E-state index contributed by atoms with van der Waals surface area (Å²) in [5.41, 5.74) is 1.50. The molecular formula is C14H13NO4S. The van der Waals surface area contributed by atoms with Crippen molar-refractivity contribution in [1.82, 2.24) is 0 Å². The van der Waals surface area contributed by atoms with Crippen LogP contribution in [0.25, 0.3) is 0 Å². The first-order chi connectivity index (χ1) is 9.56. The second-order valence-electron chi connectivity index (χ2n) is 4.11. The summed E-state index contributed by atoms with van der Waals surface area (Å²) in [7, 11) is 0. The van der Waals surface area contributed by atoms with E-state index in [9.17, 15) is 9.59 Å². The van der Waals surface area contributed by atoms with E-state index in [-0.39, 0.29) is 11.5 Å². The van der Waals surface area contributed by atoms with Crippen molar-refractivity contribution in [2.75, 3.05) is 5.32 Å². The maximum atomic E-state index is 11.6. The molecule has 2 rings (SSSR count). The Morgan fingerprint density at radius 2 is 2.00 bits per heavy atom. The first-order valence-corrected chi connectivity index (χ1v) is 6.69. The van der Waals surface area contributed by atoms with Crippen molar-refractivity contribution in [3.8, 4) is 0 Å². The molecule has 1 aromatic carbocycles. The van der Waals surface area contributed by atoms with E-state index in [1.807, 2.05) is 30.3 Å². The highest BCUT2D eigenvalue weighted by molar-refractivity contribution is 7.18. The molecule has 0 fully saturated rings. The lowest BCUT2D eigenvalue weighted by atomic mass is 10.2. The normalized spacial score (nSPS) is 10.1. The highest BCUT2D eigenvalue weighted by Crippen LogP contribution is 2.26. The largest absolute Gasteiger partial charge is 0.477 e. The van der Waals surface area contributed by atoms with Gasteiger partial charge in [-0.25, -0.2) is 9.59 Å². The van der Waals surface area contributed by atoms with Gasteiger partial charge in [0.15, 0.2) is 0 Å². The van der Waals surface area contributed by atoms with Crippen LogP contribution in [-0.4, -0.2) is 17.2 Å². The lowest BCUT2D eigenvalue weighted by Gasteiger charge is -2.05. The number of amides is 1. The van der Waals surface area contributed by atoms with E-state index in [1.54, 1.807) is 13.0 Å². The zero-order chi connectivity index (χ0) is 14.5. The standard InChI is InChI=1S/C14H13NO4S/c1-9-7-11(20-12(9)13(16)17)15-14(18)19-8-10-5-3-2-4-6-10/h2-7H,8H2,1H3,(H,15,18)(H,16,17). The summed E-state index contributed by atoms with van der Waals surface area (Å²) < 4.78 is 5.05. The maximum Gasteiger partial charge on any atom is 0.412 e. The molecule has 1 amide bonds. The summed E-state index contributed by atoms with van der Waals surface area (Å²) in [5.74, 6) is -1.00. The quantitative estimate of drug-likeness (QED) is 0.904. The molecule has 104 valence electrons. The molecule has 0 aliphatic heterocycles. The number of aromatic carboxylic acids is 1. The zero-order valence-electron chi connectivity index (χ0n) is 10.8. The van der Waals surface area contributed by atoms with Gasteiger partial charge in [0.05, 0.1) is 5.00 Å². The van der Waals surface area contributed by atoms with Crippen LogP contribution >= 0.6 is 11.3 Å². The topological polar surface area (TPSA) is 75.6 Å². The van der Waals surface area contributed by atoms with E-state index < -0.39 is 12.1 Å². The van der Waals surface area contributed by atoms with Crippen LogP contribution in [0.1, 0.15) is 20.8 Å². The van der Waals surface area contributed by atoms with E-state index >= 15 is 0 Å². The highest BCUT2D eigenvalue weighted by Gasteiger charge is 2.14. The van der Waals surface area contributed by atoms with Crippen molar-refractivity contribution in [2.24, 2.45) is 0 Å². The van der Waals surface area contributed by atoms with Gasteiger partial charge in [0.2, 0.25) is 0 Å². The second-order valence-corrected chi connectivity index (χ2v) is 5.17. The molecule has 0 atom stereocenters. The van der Waals surface area contributed by atoms with Gasteiger partial charge in [0.1, 0.15) is 11.5 Å². The Hall–Kier alpha value is -2.34. The Bertz CT molecular complexity index is 621. The fourth-order valence-corrected chi connectivity index (χ4v) is 2.51. The van der Waals surface area contributed by atoms with Crippen molar-refractivity contribution in [2.45, 2.75) is 13.5 Å². The molecule has 1 heterocycles. The predicted molar refractivity (Wildman–Crippen MR) is 76.3 cm³/mol. The van der Waals surface area contributed by atoms with E-state index in [2.05, 4.69) is 5.32 Å². The number of hydrogen-bond acceptors (Lipinski definition) is 4. The van der Waals surface area contributed by atoms with E-state index in [1.165, 1.54) is 0 Å². The summed E-state index contributed by atoms with van der Waals surface area (Å²) in [6.07, 6.45) is -0.605.